The molecule has 76 valence electrons. The summed E-state index contributed by atoms with van der Waals surface area (Å²) < 4.78 is 0. The van der Waals surface area contributed by atoms with E-state index in [0.717, 1.165) is 32.1 Å². The molecule has 1 spiro atoms. The number of carbonyl (C=O) groups is 1. The molecule has 0 aromatic rings. The Labute approximate surface area is 84.0 Å². The summed E-state index contributed by atoms with van der Waals surface area (Å²) in [7, 11) is 0. The second kappa shape index (κ2) is 2.69. The molecule has 0 amide bonds. The Hall–Kier alpha value is -0.630. The van der Waals surface area contributed by atoms with E-state index in [2.05, 4.69) is 6.08 Å². The highest BCUT2D eigenvalue weighted by atomic mass is 16.3. The second-order valence-electron chi connectivity index (χ2n) is 5.04. The first kappa shape index (κ1) is 8.66. The van der Waals surface area contributed by atoms with Crippen molar-refractivity contribution in [2.75, 3.05) is 0 Å². The molecule has 0 heterocycles. The van der Waals surface area contributed by atoms with Crippen molar-refractivity contribution in [3.63, 3.8) is 0 Å². The third-order valence-corrected chi connectivity index (χ3v) is 4.58. The lowest BCUT2D eigenvalue weighted by molar-refractivity contribution is -0.120. The molecule has 0 saturated heterocycles. The minimum atomic E-state index is -0.163. The maximum absolute atomic E-state index is 11.6. The first-order valence-electron chi connectivity index (χ1n) is 5.65. The van der Waals surface area contributed by atoms with Crippen LogP contribution in [0.3, 0.4) is 0 Å². The van der Waals surface area contributed by atoms with Gasteiger partial charge in [0.2, 0.25) is 0 Å². The predicted octanol–water partition coefficient (Wildman–Crippen LogP) is 1.68. The van der Waals surface area contributed by atoms with Gasteiger partial charge in [-0.2, -0.15) is 0 Å². The Kier molecular flexibility index (Phi) is 1.67. The van der Waals surface area contributed by atoms with Crippen molar-refractivity contribution in [3.05, 3.63) is 12.2 Å². The average Bonchev–Trinajstić information content (AvgIpc) is 2.66. The monoisotopic (exact) mass is 192 g/mol. The highest BCUT2D eigenvalue weighted by molar-refractivity contribution is 5.95. The van der Waals surface area contributed by atoms with Crippen LogP contribution in [-0.2, 0) is 4.79 Å². The van der Waals surface area contributed by atoms with Crippen molar-refractivity contribution in [1.29, 1.82) is 0 Å². The lowest BCUT2D eigenvalue weighted by atomic mass is 9.65. The van der Waals surface area contributed by atoms with E-state index in [0.29, 0.717) is 11.7 Å². The number of ketones is 1. The Morgan fingerprint density at radius 2 is 2.21 bits per heavy atom. The molecule has 1 N–H and O–H groups in total. The van der Waals surface area contributed by atoms with E-state index in [9.17, 15) is 9.90 Å². The highest BCUT2D eigenvalue weighted by Crippen LogP contribution is 2.59. The van der Waals surface area contributed by atoms with Crippen molar-refractivity contribution in [2.24, 2.45) is 17.3 Å². The summed E-state index contributed by atoms with van der Waals surface area (Å²) in [5.41, 5.74) is 0.0642. The Bertz CT molecular complexity index is 307. The topological polar surface area (TPSA) is 37.3 Å². The summed E-state index contributed by atoms with van der Waals surface area (Å²) in [5.74, 6) is 0.882. The normalized spacial score (nSPS) is 50.6. The summed E-state index contributed by atoms with van der Waals surface area (Å²) in [6.45, 7) is 0. The molecule has 3 aliphatic rings. The van der Waals surface area contributed by atoms with Crippen molar-refractivity contribution in [1.82, 2.24) is 0 Å². The molecule has 2 saturated carbocycles. The fourth-order valence-electron chi connectivity index (χ4n) is 3.95. The quantitative estimate of drug-likeness (QED) is 0.634. The van der Waals surface area contributed by atoms with Crippen molar-refractivity contribution in [3.8, 4) is 0 Å². The van der Waals surface area contributed by atoms with E-state index in [1.165, 1.54) is 0 Å². The van der Waals surface area contributed by atoms with Crippen LogP contribution in [0.2, 0.25) is 0 Å². The minimum Gasteiger partial charge on any atom is -0.393 e. The fraction of sp³-hybridized carbons (Fsp3) is 0.750. The zero-order valence-electron chi connectivity index (χ0n) is 8.28. The van der Waals surface area contributed by atoms with Gasteiger partial charge >= 0.3 is 0 Å². The van der Waals surface area contributed by atoms with Crippen LogP contribution in [0.15, 0.2) is 12.2 Å². The molecule has 0 aromatic heterocycles. The van der Waals surface area contributed by atoms with Crippen LogP contribution in [0.4, 0.5) is 0 Å². The summed E-state index contributed by atoms with van der Waals surface area (Å²) in [6, 6.07) is 0. The van der Waals surface area contributed by atoms with E-state index in [4.69, 9.17) is 0 Å². The van der Waals surface area contributed by atoms with E-state index in [1.54, 1.807) is 6.08 Å². The van der Waals surface area contributed by atoms with Crippen LogP contribution < -0.4 is 0 Å². The maximum Gasteiger partial charge on any atom is 0.159 e. The molecule has 0 radical (unpaired) electrons. The van der Waals surface area contributed by atoms with Gasteiger partial charge in [-0.05, 0) is 44.1 Å². The summed E-state index contributed by atoms with van der Waals surface area (Å²) >= 11 is 0. The predicted molar refractivity (Wildman–Crippen MR) is 52.7 cm³/mol. The second-order valence-corrected chi connectivity index (χ2v) is 5.04. The Morgan fingerprint density at radius 3 is 3.07 bits per heavy atom. The zero-order valence-corrected chi connectivity index (χ0v) is 8.28. The van der Waals surface area contributed by atoms with Crippen LogP contribution in [0.1, 0.15) is 32.1 Å². The Morgan fingerprint density at radius 1 is 1.36 bits per heavy atom. The van der Waals surface area contributed by atoms with Crippen LogP contribution >= 0.6 is 0 Å². The molecule has 2 nitrogen and oxygen atoms in total. The molecule has 0 bridgehead atoms. The number of carbonyl (C=O) groups excluding carboxylic acids is 1. The number of aliphatic hydroxyl groups excluding tert-OH is 1. The Balaban J connectivity index is 2.01. The summed E-state index contributed by atoms with van der Waals surface area (Å²) in [4.78, 5) is 11.6. The van der Waals surface area contributed by atoms with Gasteiger partial charge in [-0.15, -0.1) is 0 Å². The molecule has 4 atom stereocenters. The molecule has 3 aliphatic carbocycles. The largest absolute Gasteiger partial charge is 0.393 e. The SMILES string of the molecule is O=C1C=C[C@]23CCC[C@H](O)[C@@H]2CC[C@H]13. The van der Waals surface area contributed by atoms with Gasteiger partial charge in [0.1, 0.15) is 0 Å². The molecular weight excluding hydrogens is 176 g/mol. The molecule has 0 unspecified atom stereocenters. The third-order valence-electron chi connectivity index (χ3n) is 4.58. The van der Waals surface area contributed by atoms with Crippen molar-refractivity contribution < 1.29 is 9.90 Å². The van der Waals surface area contributed by atoms with Gasteiger partial charge < -0.3 is 5.11 Å². The van der Waals surface area contributed by atoms with Gasteiger partial charge in [0, 0.05) is 11.3 Å². The number of hydrogen-bond acceptors (Lipinski definition) is 2. The summed E-state index contributed by atoms with van der Waals surface area (Å²) in [5, 5.41) is 9.96. The minimum absolute atomic E-state index is 0.0642. The molecule has 0 aliphatic heterocycles. The maximum atomic E-state index is 11.6. The van der Waals surface area contributed by atoms with E-state index >= 15 is 0 Å². The number of rotatable bonds is 0. The molecule has 2 heteroatoms. The van der Waals surface area contributed by atoms with Crippen LogP contribution in [0, 0.1) is 17.3 Å². The first-order chi connectivity index (χ1) is 6.74. The first-order valence-corrected chi connectivity index (χ1v) is 5.65. The molecule has 0 aromatic carbocycles. The number of allylic oxidation sites excluding steroid dienone is 2. The van der Waals surface area contributed by atoms with Gasteiger partial charge in [-0.1, -0.05) is 6.08 Å². The standard InChI is InChI=1S/C12H16O2/c13-10-2-1-6-12-7-5-11(14)9(12)4-3-8(10)12/h5,7-10,13H,1-4,6H2/t8-,9+,10-,12+/m0/s1. The van der Waals surface area contributed by atoms with Crippen molar-refractivity contribution >= 4 is 5.78 Å². The molecule has 3 rings (SSSR count). The lowest BCUT2D eigenvalue weighted by Crippen LogP contribution is -2.40. The van der Waals surface area contributed by atoms with Gasteiger partial charge in [-0.3, -0.25) is 4.79 Å². The number of aliphatic hydroxyl groups is 1. The van der Waals surface area contributed by atoms with E-state index in [-0.39, 0.29) is 17.4 Å². The highest BCUT2D eigenvalue weighted by Gasteiger charge is 2.56. The number of hydrogen-bond donors (Lipinski definition) is 1. The van der Waals surface area contributed by atoms with E-state index in [1.807, 2.05) is 0 Å². The molecular formula is C12H16O2. The molecule has 2 fully saturated rings. The smallest absolute Gasteiger partial charge is 0.159 e. The van der Waals surface area contributed by atoms with Gasteiger partial charge in [0.25, 0.3) is 0 Å². The lowest BCUT2D eigenvalue weighted by Gasteiger charge is -2.41. The molecule has 14 heavy (non-hydrogen) atoms. The third kappa shape index (κ3) is 0.876. The van der Waals surface area contributed by atoms with Gasteiger partial charge in [0.05, 0.1) is 6.10 Å². The van der Waals surface area contributed by atoms with Gasteiger partial charge in [0.15, 0.2) is 5.78 Å². The van der Waals surface area contributed by atoms with Crippen LogP contribution in [0.5, 0.6) is 0 Å². The summed E-state index contributed by atoms with van der Waals surface area (Å²) in [6.07, 6.45) is 8.86. The van der Waals surface area contributed by atoms with Crippen LogP contribution in [0.25, 0.3) is 0 Å². The zero-order chi connectivity index (χ0) is 9.76. The van der Waals surface area contributed by atoms with Crippen LogP contribution in [-0.4, -0.2) is 17.0 Å². The average molecular weight is 192 g/mol. The van der Waals surface area contributed by atoms with E-state index < -0.39 is 0 Å². The fourth-order valence-corrected chi connectivity index (χ4v) is 3.95. The van der Waals surface area contributed by atoms with Crippen molar-refractivity contribution in [2.45, 2.75) is 38.2 Å². The van der Waals surface area contributed by atoms with Gasteiger partial charge in [-0.25, -0.2) is 0 Å².